The van der Waals surface area contributed by atoms with Gasteiger partial charge in [-0.25, -0.2) is 0 Å². The molecule has 0 aromatic heterocycles. The van der Waals surface area contributed by atoms with Gasteiger partial charge in [0.2, 0.25) is 0 Å². The van der Waals surface area contributed by atoms with E-state index in [4.69, 9.17) is 14.2 Å². The van der Waals surface area contributed by atoms with Gasteiger partial charge >= 0.3 is 0 Å². The van der Waals surface area contributed by atoms with Crippen molar-refractivity contribution in [3.63, 3.8) is 0 Å². The number of hydrogen-bond acceptors (Lipinski definition) is 3. The van der Waals surface area contributed by atoms with E-state index in [9.17, 15) is 0 Å². The Bertz CT molecular complexity index is 623. The van der Waals surface area contributed by atoms with Crippen LogP contribution < -0.4 is 0 Å². The molecule has 0 saturated carbocycles. The number of halogens is 1. The monoisotopic (exact) mass is 424 g/mol. The number of ether oxygens (including phenoxy) is 3. The largest absolute Gasteiger partial charge is 0.484 e. The second kappa shape index (κ2) is 7.20. The predicted molar refractivity (Wildman–Crippen MR) is 99.1 cm³/mol. The van der Waals surface area contributed by atoms with Gasteiger partial charge in [0.15, 0.2) is 6.29 Å². The molecule has 3 rings (SSSR count). The first-order valence-electron chi connectivity index (χ1n) is 7.76. The third-order valence-electron chi connectivity index (χ3n) is 3.79. The van der Waals surface area contributed by atoms with Crippen LogP contribution >= 0.6 is 22.6 Å². The smallest absolute Gasteiger partial charge is 0.184 e. The van der Waals surface area contributed by atoms with E-state index < -0.39 is 0 Å². The summed E-state index contributed by atoms with van der Waals surface area (Å²) >= 11 is 2.30. The van der Waals surface area contributed by atoms with Crippen molar-refractivity contribution >= 4 is 22.6 Å². The maximum Gasteiger partial charge on any atom is 0.184 e. The third-order valence-corrected chi connectivity index (χ3v) is 4.68. The van der Waals surface area contributed by atoms with Gasteiger partial charge in [-0.1, -0.05) is 56.3 Å². The summed E-state index contributed by atoms with van der Waals surface area (Å²) in [5, 5.41) is 0. The van der Waals surface area contributed by atoms with E-state index in [1.165, 1.54) is 0 Å². The van der Waals surface area contributed by atoms with Gasteiger partial charge in [0.05, 0.1) is 16.8 Å². The van der Waals surface area contributed by atoms with Crippen LogP contribution in [0.3, 0.4) is 0 Å². The summed E-state index contributed by atoms with van der Waals surface area (Å²) in [6.07, 6.45) is 8.10. The van der Waals surface area contributed by atoms with Crippen LogP contribution in [0.2, 0.25) is 0 Å². The quantitative estimate of drug-likeness (QED) is 0.645. The summed E-state index contributed by atoms with van der Waals surface area (Å²) in [5.41, 5.74) is 1.08. The maximum absolute atomic E-state index is 6.09. The Balaban J connectivity index is 1.60. The molecule has 1 aliphatic carbocycles. The summed E-state index contributed by atoms with van der Waals surface area (Å²) in [5.74, 6) is 0.878. The average molecular weight is 424 g/mol. The molecule has 3 nitrogen and oxygen atoms in total. The molecule has 2 aliphatic rings. The summed E-state index contributed by atoms with van der Waals surface area (Å²) in [7, 11) is 0. The van der Waals surface area contributed by atoms with E-state index in [2.05, 4.69) is 54.7 Å². The predicted octanol–water partition coefficient (Wildman–Crippen LogP) is 4.92. The fourth-order valence-corrected chi connectivity index (χ4v) is 2.91. The Labute approximate surface area is 151 Å². The van der Waals surface area contributed by atoms with Gasteiger partial charge in [-0.2, -0.15) is 0 Å². The second-order valence-corrected chi connectivity index (χ2v) is 7.51. The van der Waals surface area contributed by atoms with Gasteiger partial charge in [0, 0.05) is 11.0 Å². The van der Waals surface area contributed by atoms with Crippen molar-refractivity contribution in [2.75, 3.05) is 13.2 Å². The van der Waals surface area contributed by atoms with E-state index in [-0.39, 0.29) is 17.8 Å². The van der Waals surface area contributed by atoms with Crippen LogP contribution in [0.1, 0.15) is 25.7 Å². The highest BCUT2D eigenvalue weighted by Gasteiger charge is 2.25. The lowest BCUT2D eigenvalue weighted by molar-refractivity contribution is -0.223. The highest BCUT2D eigenvalue weighted by Crippen LogP contribution is 2.30. The summed E-state index contributed by atoms with van der Waals surface area (Å²) in [6, 6.07) is 9.99. The lowest BCUT2D eigenvalue weighted by atomic mass is 9.93. The molecule has 0 radical (unpaired) electrons. The van der Waals surface area contributed by atoms with Crippen LogP contribution in [0.15, 0.2) is 64.0 Å². The first-order valence-corrected chi connectivity index (χ1v) is 8.84. The lowest BCUT2D eigenvalue weighted by Gasteiger charge is -2.30. The van der Waals surface area contributed by atoms with Crippen LogP contribution in [-0.4, -0.2) is 19.3 Å². The van der Waals surface area contributed by atoms with E-state index in [0.717, 1.165) is 14.9 Å². The van der Waals surface area contributed by atoms with Crippen LogP contribution in [0.25, 0.3) is 0 Å². The van der Waals surface area contributed by atoms with Crippen molar-refractivity contribution in [3.8, 4) is 0 Å². The van der Waals surface area contributed by atoms with E-state index in [1.54, 1.807) is 0 Å². The molecule has 0 amide bonds. The number of hydrogen-bond donors (Lipinski definition) is 0. The zero-order chi connectivity index (χ0) is 16.3. The summed E-state index contributed by atoms with van der Waals surface area (Å²) < 4.78 is 18.8. The number of benzene rings is 1. The minimum absolute atomic E-state index is 0.0412. The molecule has 0 N–H and O–H groups in total. The van der Waals surface area contributed by atoms with E-state index in [0.29, 0.717) is 13.2 Å². The third kappa shape index (κ3) is 4.46. The Hall–Kier alpha value is -1.11. The van der Waals surface area contributed by atoms with Crippen LogP contribution in [0.5, 0.6) is 0 Å². The van der Waals surface area contributed by atoms with Gasteiger partial charge in [-0.3, -0.25) is 0 Å². The Morgan fingerprint density at radius 1 is 1.04 bits per heavy atom. The van der Waals surface area contributed by atoms with Gasteiger partial charge < -0.3 is 14.2 Å². The second-order valence-electron chi connectivity index (χ2n) is 6.35. The standard InChI is InChI=1S/C19H21IO3/c1-19(2)10-8-16(20)17(9-11-19)23-15-12-21-18(22-13-15)14-6-4-3-5-7-14/h3-11,15,18H,12-13H2,1-2H3. The molecule has 0 bridgehead atoms. The molecule has 1 fully saturated rings. The van der Waals surface area contributed by atoms with Crippen LogP contribution in [0, 0.1) is 5.41 Å². The van der Waals surface area contributed by atoms with Crippen molar-refractivity contribution in [2.45, 2.75) is 26.2 Å². The fraction of sp³-hybridized carbons (Fsp3) is 0.368. The first-order chi connectivity index (χ1) is 11.0. The van der Waals surface area contributed by atoms with Gasteiger partial charge in [0.25, 0.3) is 0 Å². The van der Waals surface area contributed by atoms with Crippen molar-refractivity contribution in [1.82, 2.24) is 0 Å². The normalized spacial score (nSPS) is 26.9. The van der Waals surface area contributed by atoms with Gasteiger partial charge in [-0.15, -0.1) is 0 Å². The zero-order valence-corrected chi connectivity index (χ0v) is 15.5. The molecule has 0 unspecified atom stereocenters. The molecular weight excluding hydrogens is 403 g/mol. The number of allylic oxidation sites excluding steroid dienone is 5. The highest BCUT2D eigenvalue weighted by atomic mass is 127. The molecule has 1 heterocycles. The number of rotatable bonds is 3. The van der Waals surface area contributed by atoms with Gasteiger partial charge in [-0.05, 0) is 34.7 Å². The summed E-state index contributed by atoms with van der Waals surface area (Å²) in [6.45, 7) is 5.39. The lowest BCUT2D eigenvalue weighted by Crippen LogP contribution is -2.33. The van der Waals surface area contributed by atoms with Crippen molar-refractivity contribution in [2.24, 2.45) is 5.41 Å². The topological polar surface area (TPSA) is 27.7 Å². The summed E-state index contributed by atoms with van der Waals surface area (Å²) in [4.78, 5) is 0. The molecule has 1 aliphatic heterocycles. The van der Waals surface area contributed by atoms with Gasteiger partial charge in [0.1, 0.15) is 11.9 Å². The Kier molecular flexibility index (Phi) is 5.24. The fourth-order valence-electron chi connectivity index (χ4n) is 2.43. The molecule has 122 valence electrons. The minimum Gasteiger partial charge on any atom is -0.484 e. The van der Waals surface area contributed by atoms with Crippen molar-refractivity contribution in [1.29, 1.82) is 0 Å². The molecule has 1 saturated heterocycles. The highest BCUT2D eigenvalue weighted by molar-refractivity contribution is 14.1. The van der Waals surface area contributed by atoms with Crippen molar-refractivity contribution < 1.29 is 14.2 Å². The average Bonchev–Trinajstić information content (AvgIpc) is 2.69. The molecule has 4 heteroatoms. The zero-order valence-electron chi connectivity index (χ0n) is 13.4. The van der Waals surface area contributed by atoms with E-state index in [1.807, 2.05) is 36.4 Å². The maximum atomic E-state index is 6.09. The van der Waals surface area contributed by atoms with Crippen LogP contribution in [-0.2, 0) is 14.2 Å². The molecule has 0 spiro atoms. The van der Waals surface area contributed by atoms with Crippen molar-refractivity contribution in [3.05, 3.63) is 69.5 Å². The molecule has 0 atom stereocenters. The molecule has 23 heavy (non-hydrogen) atoms. The SMILES string of the molecule is CC1(C)C=CC(I)=C(OC2COC(c3ccccc3)OC2)C=C1. The molecular formula is C19H21IO3. The van der Waals surface area contributed by atoms with E-state index >= 15 is 0 Å². The molecule has 1 aromatic rings. The Morgan fingerprint density at radius 2 is 1.70 bits per heavy atom. The minimum atomic E-state index is -0.299. The first kappa shape index (κ1) is 16.7. The Morgan fingerprint density at radius 3 is 2.39 bits per heavy atom. The molecule has 1 aromatic carbocycles. The van der Waals surface area contributed by atoms with Crippen LogP contribution in [0.4, 0.5) is 0 Å².